The van der Waals surface area contributed by atoms with Gasteiger partial charge in [0.1, 0.15) is 63.2 Å². The van der Waals surface area contributed by atoms with Crippen molar-refractivity contribution in [3.8, 4) is 11.5 Å². The fraction of sp³-hybridized carbons (Fsp3) is 0. The standard InChI is InChI=1S/C44H22BF10O2P/c46-33-31(34(47)38(51)41(54)37(33)50)45(32-35(48)39(52)42(55)40(53)36(32)49)56-43-28-19-11-10-18-27(28)30-22-26(20-21-29(30)44(43)57-45)58(23-12-4-1-5-13-23,24-14-6-2-7-15-24)25-16-8-3-9-17-25/h1-22H. The average molecular weight is 814 g/mol. The average Bonchev–Trinajstić information content (AvgIpc) is 3.66. The van der Waals surface area contributed by atoms with Crippen LogP contribution in [0.3, 0.4) is 0 Å². The van der Waals surface area contributed by atoms with Crippen molar-refractivity contribution in [2.24, 2.45) is 0 Å². The molecule has 8 aromatic carbocycles. The van der Waals surface area contributed by atoms with E-state index in [1.54, 1.807) is 18.2 Å². The maximum atomic E-state index is 15.9. The Balaban J connectivity index is 1.40. The third-order valence-electron chi connectivity index (χ3n) is 10.5. The largest absolute Gasteiger partial charge is 0.673 e. The molecule has 1 aliphatic rings. The van der Waals surface area contributed by atoms with Crippen molar-refractivity contribution < 1.29 is 53.2 Å². The van der Waals surface area contributed by atoms with Crippen LogP contribution in [0.25, 0.3) is 21.5 Å². The molecule has 0 unspecified atom stereocenters. The number of rotatable bonds is 6. The van der Waals surface area contributed by atoms with E-state index in [2.05, 4.69) is 0 Å². The lowest BCUT2D eigenvalue weighted by Crippen LogP contribution is -2.70. The number of benzene rings is 8. The summed E-state index contributed by atoms with van der Waals surface area (Å²) in [6, 6.07) is 40.4. The monoisotopic (exact) mass is 814 g/mol. The molecule has 1 heterocycles. The molecule has 0 spiro atoms. The lowest BCUT2D eigenvalue weighted by atomic mass is 9.45. The quantitative estimate of drug-likeness (QED) is 0.0417. The van der Waals surface area contributed by atoms with Gasteiger partial charge < -0.3 is 9.31 Å². The zero-order valence-corrected chi connectivity index (χ0v) is 30.2. The molecule has 0 saturated heterocycles. The predicted octanol–water partition coefficient (Wildman–Crippen LogP) is 9.03. The molecule has 1 aliphatic heterocycles. The molecular weight excluding hydrogens is 792 g/mol. The first-order valence-electron chi connectivity index (χ1n) is 17.5. The highest BCUT2D eigenvalue weighted by molar-refractivity contribution is 8.01. The Hall–Kier alpha value is -6.33. The molecule has 0 fully saturated rings. The molecule has 0 aliphatic carbocycles. The van der Waals surface area contributed by atoms with Crippen molar-refractivity contribution in [2.45, 2.75) is 0 Å². The molecule has 0 radical (unpaired) electrons. The minimum absolute atomic E-state index is 0.0567. The van der Waals surface area contributed by atoms with Gasteiger partial charge in [0.25, 0.3) is 0 Å². The summed E-state index contributed by atoms with van der Waals surface area (Å²) in [4.78, 5) is 0. The molecule has 0 saturated carbocycles. The molecule has 0 bridgehead atoms. The van der Waals surface area contributed by atoms with Gasteiger partial charge in [-0.3, -0.25) is 0 Å². The summed E-state index contributed by atoms with van der Waals surface area (Å²) in [6.45, 7) is -5.02. The fourth-order valence-corrected chi connectivity index (χ4v) is 12.3. The van der Waals surface area contributed by atoms with E-state index in [0.29, 0.717) is 10.8 Å². The zero-order chi connectivity index (χ0) is 40.7. The van der Waals surface area contributed by atoms with Gasteiger partial charge in [-0.25, -0.2) is 43.9 Å². The highest BCUT2D eigenvalue weighted by Crippen LogP contribution is 2.56. The smallest absolute Gasteiger partial charge is 0.418 e. The van der Waals surface area contributed by atoms with Gasteiger partial charge in [-0.15, -0.1) is 0 Å². The molecule has 0 amide bonds. The van der Waals surface area contributed by atoms with Gasteiger partial charge >= 0.3 is 6.55 Å². The van der Waals surface area contributed by atoms with E-state index in [1.165, 1.54) is 18.2 Å². The van der Waals surface area contributed by atoms with E-state index in [4.69, 9.17) is 9.31 Å². The molecule has 2 nitrogen and oxygen atoms in total. The second-order valence-electron chi connectivity index (χ2n) is 13.5. The molecule has 0 N–H and O–H groups in total. The van der Waals surface area contributed by atoms with Gasteiger partial charge in [-0.1, -0.05) is 78.9 Å². The van der Waals surface area contributed by atoms with Gasteiger partial charge in [0.05, 0.1) is 0 Å². The Kier molecular flexibility index (Phi) is 8.78. The van der Waals surface area contributed by atoms with E-state index >= 15 is 17.6 Å². The van der Waals surface area contributed by atoms with Crippen molar-refractivity contribution in [1.29, 1.82) is 0 Å². The first kappa shape index (κ1) is 37.3. The molecule has 14 heteroatoms. The van der Waals surface area contributed by atoms with Gasteiger partial charge in [0.2, 0.25) is 0 Å². The Bertz CT molecular complexity index is 2750. The predicted molar refractivity (Wildman–Crippen MR) is 205 cm³/mol. The summed E-state index contributed by atoms with van der Waals surface area (Å²) in [7, 11) is -2.79. The summed E-state index contributed by atoms with van der Waals surface area (Å²) >= 11 is 0. The summed E-state index contributed by atoms with van der Waals surface area (Å²) < 4.78 is 164. The highest BCUT2D eigenvalue weighted by Gasteiger charge is 2.53. The normalized spacial score (nSPS) is 13.4. The molecule has 0 aromatic heterocycles. The van der Waals surface area contributed by atoms with Gasteiger partial charge in [-0.2, -0.15) is 0 Å². The summed E-state index contributed by atoms with van der Waals surface area (Å²) in [5, 5.41) is 4.51. The van der Waals surface area contributed by atoms with E-state index < -0.39 is 94.4 Å². The fourth-order valence-electron chi connectivity index (χ4n) is 8.05. The van der Waals surface area contributed by atoms with Crippen LogP contribution in [0.2, 0.25) is 0 Å². The number of halogens is 10. The van der Waals surface area contributed by atoms with Crippen LogP contribution in [0.1, 0.15) is 0 Å². The van der Waals surface area contributed by atoms with Crippen molar-refractivity contribution >= 4 is 67.5 Å². The van der Waals surface area contributed by atoms with E-state index in [0.717, 1.165) is 21.2 Å². The van der Waals surface area contributed by atoms with Gasteiger partial charge in [-0.05, 0) is 76.3 Å². The summed E-state index contributed by atoms with van der Waals surface area (Å²) in [5.41, 5.74) is -4.18. The number of hydrogen-bond acceptors (Lipinski definition) is 2. The number of fused-ring (bicyclic) bond motifs is 6. The minimum atomic E-state index is -5.02. The van der Waals surface area contributed by atoms with E-state index in [-0.39, 0.29) is 10.8 Å². The molecule has 9 rings (SSSR count). The summed E-state index contributed by atoms with van der Waals surface area (Å²) in [6.07, 6.45) is 0. The SMILES string of the molecule is Fc1c(F)c(F)c([B-]2(c3c(F)c(F)c(F)c(F)c3F)Oc3c(c4ccc([P+](c5ccccc5)(c5ccccc5)c5ccccc5)cc4c4ccccc34)O2)c(F)c1F. The molecule has 8 aromatic rings. The van der Waals surface area contributed by atoms with Crippen molar-refractivity contribution in [3.05, 3.63) is 192 Å². The molecule has 288 valence electrons. The maximum absolute atomic E-state index is 15.9. The van der Waals surface area contributed by atoms with Crippen LogP contribution in [0.15, 0.2) is 133 Å². The third kappa shape index (κ3) is 5.12. The van der Waals surface area contributed by atoms with Crippen LogP contribution in [0.5, 0.6) is 11.5 Å². The topological polar surface area (TPSA) is 18.5 Å². The van der Waals surface area contributed by atoms with E-state index in [1.807, 2.05) is 97.1 Å². The first-order chi connectivity index (χ1) is 27.9. The molecular formula is C44H22BF10O2P. The maximum Gasteiger partial charge on any atom is 0.418 e. The minimum Gasteiger partial charge on any atom is -0.673 e. The lowest BCUT2D eigenvalue weighted by Gasteiger charge is -2.38. The van der Waals surface area contributed by atoms with E-state index in [9.17, 15) is 26.3 Å². The van der Waals surface area contributed by atoms with Crippen LogP contribution in [0.4, 0.5) is 43.9 Å². The Morgan fingerprint density at radius 2 is 0.638 bits per heavy atom. The zero-order valence-electron chi connectivity index (χ0n) is 29.3. The second kappa shape index (κ2) is 13.7. The van der Waals surface area contributed by atoms with Crippen LogP contribution >= 0.6 is 7.26 Å². The third-order valence-corrected chi connectivity index (χ3v) is 14.8. The first-order valence-corrected chi connectivity index (χ1v) is 19.3. The molecule has 0 atom stereocenters. The Morgan fingerprint density at radius 1 is 0.310 bits per heavy atom. The van der Waals surface area contributed by atoms with Gasteiger partial charge in [0.15, 0.2) is 34.9 Å². The van der Waals surface area contributed by atoms with Gasteiger partial charge in [0, 0.05) is 10.8 Å². The van der Waals surface area contributed by atoms with Crippen molar-refractivity contribution in [3.63, 3.8) is 0 Å². The highest BCUT2D eigenvalue weighted by atomic mass is 31.2. The number of hydrogen-bond donors (Lipinski definition) is 0. The molecule has 58 heavy (non-hydrogen) atoms. The van der Waals surface area contributed by atoms with Crippen LogP contribution in [-0.2, 0) is 0 Å². The Labute approximate surface area is 323 Å². The van der Waals surface area contributed by atoms with Crippen LogP contribution in [0, 0.1) is 58.2 Å². The Morgan fingerprint density at radius 3 is 1.03 bits per heavy atom. The lowest BCUT2D eigenvalue weighted by molar-refractivity contribution is 0.372. The van der Waals surface area contributed by atoms with Crippen LogP contribution < -0.4 is 41.5 Å². The second-order valence-corrected chi connectivity index (χ2v) is 16.9. The van der Waals surface area contributed by atoms with Crippen molar-refractivity contribution in [1.82, 2.24) is 0 Å². The van der Waals surface area contributed by atoms with Crippen LogP contribution in [-0.4, -0.2) is 6.55 Å². The van der Waals surface area contributed by atoms with Crippen molar-refractivity contribution in [2.75, 3.05) is 0 Å². The summed E-state index contributed by atoms with van der Waals surface area (Å²) in [5.74, 6) is -27.3.